The highest BCUT2D eigenvalue weighted by molar-refractivity contribution is 6.12. The molecular weight excluding hydrogens is 611 g/mol. The number of hydrogen-bond donors (Lipinski definition) is 0. The lowest BCUT2D eigenvalue weighted by Crippen LogP contribution is -2.00. The van der Waals surface area contributed by atoms with E-state index in [-0.39, 0.29) is 0 Å². The maximum absolute atomic E-state index is 6.71. The molecule has 4 nitrogen and oxygen atoms in total. The first kappa shape index (κ1) is 27.2. The van der Waals surface area contributed by atoms with Gasteiger partial charge in [-0.15, -0.1) is 0 Å². The predicted molar refractivity (Wildman–Crippen MR) is 204 cm³/mol. The minimum atomic E-state index is 0.870. The van der Waals surface area contributed by atoms with Gasteiger partial charge in [0.25, 0.3) is 0 Å². The molecule has 4 heteroatoms. The fourth-order valence-corrected chi connectivity index (χ4v) is 8.10. The third-order valence-corrected chi connectivity index (χ3v) is 10.3. The molecule has 0 fully saturated rings. The number of fused-ring (bicyclic) bond motifs is 14. The fraction of sp³-hybridized carbons (Fsp3) is 0. The van der Waals surface area contributed by atoms with E-state index in [0.29, 0.717) is 0 Å². The molecule has 1 aliphatic carbocycles. The Kier molecular flexibility index (Phi) is 5.63. The topological polar surface area (TPSA) is 43.9 Å². The normalized spacial score (nSPS) is 12.0. The van der Waals surface area contributed by atoms with Gasteiger partial charge in [-0.3, -0.25) is 9.97 Å². The van der Waals surface area contributed by atoms with E-state index >= 15 is 0 Å². The molecule has 4 heterocycles. The van der Waals surface area contributed by atoms with Crippen LogP contribution in [0.2, 0.25) is 0 Å². The molecule has 11 rings (SSSR count). The van der Waals surface area contributed by atoms with E-state index in [1.165, 1.54) is 32.9 Å². The second-order valence-corrected chi connectivity index (χ2v) is 12.9. The zero-order valence-corrected chi connectivity index (χ0v) is 26.8. The lowest BCUT2D eigenvalue weighted by molar-refractivity contribution is 0.670. The molecule has 0 saturated heterocycles. The van der Waals surface area contributed by atoms with Gasteiger partial charge < -0.3 is 8.98 Å². The van der Waals surface area contributed by atoms with E-state index in [0.717, 1.165) is 72.4 Å². The van der Waals surface area contributed by atoms with Gasteiger partial charge >= 0.3 is 0 Å². The molecule has 0 aliphatic heterocycles. The Morgan fingerprint density at radius 3 is 1.72 bits per heavy atom. The second kappa shape index (κ2) is 10.4. The molecule has 10 aromatic rings. The van der Waals surface area contributed by atoms with Crippen LogP contribution in [0.15, 0.2) is 168 Å². The lowest BCUT2D eigenvalue weighted by atomic mass is 9.83. The van der Waals surface area contributed by atoms with Gasteiger partial charge in [0.1, 0.15) is 11.2 Å². The van der Waals surface area contributed by atoms with Gasteiger partial charge in [0.2, 0.25) is 0 Å². The van der Waals surface area contributed by atoms with Crippen LogP contribution in [0.1, 0.15) is 0 Å². The van der Waals surface area contributed by atoms with Crippen LogP contribution >= 0.6 is 0 Å². The monoisotopic (exact) mass is 637 g/mol. The van der Waals surface area contributed by atoms with Crippen molar-refractivity contribution in [2.45, 2.75) is 0 Å². The minimum Gasteiger partial charge on any atom is -0.455 e. The van der Waals surface area contributed by atoms with E-state index in [9.17, 15) is 0 Å². The number of nitrogens with zero attached hydrogens (tertiary/aromatic N) is 3. The molecule has 0 N–H and O–H groups in total. The number of hydrogen-bond acceptors (Lipinski definition) is 3. The van der Waals surface area contributed by atoms with Crippen LogP contribution in [0.3, 0.4) is 0 Å². The summed E-state index contributed by atoms with van der Waals surface area (Å²) in [5.74, 6) is 0. The Hall–Kier alpha value is -6.78. The van der Waals surface area contributed by atoms with Crippen LogP contribution in [0, 0.1) is 0 Å². The van der Waals surface area contributed by atoms with Crippen molar-refractivity contribution in [3.8, 4) is 61.6 Å². The summed E-state index contributed by atoms with van der Waals surface area (Å²) in [6.07, 6.45) is 3.71. The van der Waals surface area contributed by atoms with Crippen LogP contribution in [-0.4, -0.2) is 14.5 Å². The molecule has 0 amide bonds. The maximum atomic E-state index is 6.71. The predicted octanol–water partition coefficient (Wildman–Crippen LogP) is 12.1. The molecule has 6 aromatic carbocycles. The molecule has 0 atom stereocenters. The smallest absolute Gasteiger partial charge is 0.143 e. The van der Waals surface area contributed by atoms with Crippen LogP contribution in [0.5, 0.6) is 0 Å². The Balaban J connectivity index is 1.13. The molecule has 0 radical (unpaired) electrons. The zero-order valence-electron chi connectivity index (χ0n) is 26.8. The van der Waals surface area contributed by atoms with Gasteiger partial charge in [-0.25, -0.2) is 0 Å². The minimum absolute atomic E-state index is 0.870. The summed E-state index contributed by atoms with van der Waals surface area (Å²) < 4.78 is 9.07. The fourth-order valence-electron chi connectivity index (χ4n) is 8.10. The Morgan fingerprint density at radius 1 is 0.400 bits per heavy atom. The zero-order chi connectivity index (χ0) is 32.8. The molecule has 0 saturated carbocycles. The molecule has 232 valence electrons. The summed E-state index contributed by atoms with van der Waals surface area (Å²) in [5, 5.41) is 4.69. The molecule has 4 aromatic heterocycles. The Bertz CT molecular complexity index is 2940. The van der Waals surface area contributed by atoms with Crippen molar-refractivity contribution in [3.05, 3.63) is 164 Å². The summed E-state index contributed by atoms with van der Waals surface area (Å²) in [5.41, 5.74) is 15.9. The Morgan fingerprint density at radius 2 is 0.980 bits per heavy atom. The van der Waals surface area contributed by atoms with Crippen molar-refractivity contribution in [1.29, 1.82) is 0 Å². The van der Waals surface area contributed by atoms with Crippen molar-refractivity contribution in [1.82, 2.24) is 14.5 Å². The molecule has 50 heavy (non-hydrogen) atoms. The van der Waals surface area contributed by atoms with Gasteiger partial charge in [-0.2, -0.15) is 0 Å². The van der Waals surface area contributed by atoms with Gasteiger partial charge in [0.15, 0.2) is 0 Å². The molecular formula is C46H27N3O. The van der Waals surface area contributed by atoms with Crippen molar-refractivity contribution in [2.24, 2.45) is 0 Å². The number of pyridine rings is 2. The quantitative estimate of drug-likeness (QED) is 0.189. The summed E-state index contributed by atoms with van der Waals surface area (Å²) in [6.45, 7) is 0. The van der Waals surface area contributed by atoms with E-state index in [4.69, 9.17) is 14.4 Å². The maximum Gasteiger partial charge on any atom is 0.143 e. The summed E-state index contributed by atoms with van der Waals surface area (Å²) in [4.78, 5) is 9.76. The van der Waals surface area contributed by atoms with E-state index < -0.39 is 0 Å². The number of aromatic nitrogens is 3. The van der Waals surface area contributed by atoms with Gasteiger partial charge in [-0.05, 0) is 76.3 Å². The van der Waals surface area contributed by atoms with Crippen LogP contribution in [0.25, 0.3) is 105 Å². The largest absolute Gasteiger partial charge is 0.455 e. The highest BCUT2D eigenvalue weighted by Crippen LogP contribution is 2.48. The Labute approximate surface area is 287 Å². The number of para-hydroxylation sites is 3. The van der Waals surface area contributed by atoms with Crippen molar-refractivity contribution in [3.63, 3.8) is 0 Å². The van der Waals surface area contributed by atoms with Gasteiger partial charge in [0.05, 0.1) is 22.4 Å². The first-order valence-electron chi connectivity index (χ1n) is 16.9. The van der Waals surface area contributed by atoms with Gasteiger partial charge in [-0.1, -0.05) is 103 Å². The SMILES string of the molecule is c1ccc2c(c1)-c1ccc(-c3cccc4c3oc3ccc(-n5c6ccccc6c6ccccc65)cc34)cc1-c1cccnc1-c1ncccc1-2. The molecule has 1 aliphatic rings. The molecule has 0 bridgehead atoms. The van der Waals surface area contributed by atoms with Crippen LogP contribution in [-0.2, 0) is 0 Å². The summed E-state index contributed by atoms with van der Waals surface area (Å²) in [7, 11) is 0. The number of rotatable bonds is 2. The van der Waals surface area contributed by atoms with Crippen molar-refractivity contribution < 1.29 is 4.42 Å². The number of benzene rings is 6. The second-order valence-electron chi connectivity index (χ2n) is 12.9. The standard InChI is InChI=1S/C46H27N3O/c1-2-11-32-31(10-1)33-22-20-28(26-39(33)37-17-9-25-48-45(37)44-36(32)16-8-24-47-44)30-14-7-15-38-40-27-29(21-23-43(40)50-46(30)38)49-41-18-5-3-12-34(41)35-13-4-6-19-42(35)49/h1-27H. The lowest BCUT2D eigenvalue weighted by Gasteiger charge is -2.22. The van der Waals surface area contributed by atoms with Gasteiger partial charge in [0, 0.05) is 56.3 Å². The van der Waals surface area contributed by atoms with E-state index in [1.54, 1.807) is 0 Å². The average molecular weight is 638 g/mol. The third-order valence-electron chi connectivity index (χ3n) is 10.3. The average Bonchev–Trinajstić information content (AvgIpc) is 3.73. The summed E-state index contributed by atoms with van der Waals surface area (Å²) >= 11 is 0. The van der Waals surface area contributed by atoms with Crippen LogP contribution < -0.4 is 0 Å². The first-order chi connectivity index (χ1) is 24.8. The highest BCUT2D eigenvalue weighted by atomic mass is 16.3. The van der Waals surface area contributed by atoms with E-state index in [1.807, 2.05) is 24.5 Å². The van der Waals surface area contributed by atoms with Crippen molar-refractivity contribution in [2.75, 3.05) is 0 Å². The van der Waals surface area contributed by atoms with Crippen molar-refractivity contribution >= 4 is 43.7 Å². The third kappa shape index (κ3) is 3.81. The first-order valence-corrected chi connectivity index (χ1v) is 16.9. The molecule has 0 unspecified atom stereocenters. The van der Waals surface area contributed by atoms with Crippen LogP contribution in [0.4, 0.5) is 0 Å². The van der Waals surface area contributed by atoms with E-state index in [2.05, 4.69) is 144 Å². The molecule has 0 spiro atoms. The highest BCUT2D eigenvalue weighted by Gasteiger charge is 2.24. The number of furan rings is 1. The summed E-state index contributed by atoms with van der Waals surface area (Å²) in [6, 6.07) is 54.0.